The number of rotatable bonds is 4. The van der Waals surface area contributed by atoms with Gasteiger partial charge in [-0.15, -0.1) is 0 Å². The summed E-state index contributed by atoms with van der Waals surface area (Å²) in [5.74, 6) is 6.77. The number of pyridine rings is 1. The van der Waals surface area contributed by atoms with Gasteiger partial charge in [-0.3, -0.25) is 16.3 Å². The number of fused-ring (bicyclic) bond motifs is 1. The smallest absolute Gasteiger partial charge is 0.111 e. The first-order valence-corrected chi connectivity index (χ1v) is 6.97. The second-order valence-electron chi connectivity index (χ2n) is 5.23. The number of aromatic nitrogens is 3. The minimum atomic E-state index is 0.0171. The summed E-state index contributed by atoms with van der Waals surface area (Å²) < 4.78 is 2.12. The van der Waals surface area contributed by atoms with Gasteiger partial charge in [-0.2, -0.15) is 0 Å². The Morgan fingerprint density at radius 3 is 2.81 bits per heavy atom. The van der Waals surface area contributed by atoms with Crippen molar-refractivity contribution in [3.8, 4) is 0 Å². The molecule has 2 heterocycles. The third kappa shape index (κ3) is 2.53. The molecule has 0 spiro atoms. The summed E-state index contributed by atoms with van der Waals surface area (Å²) in [6.07, 6.45) is 4.38. The van der Waals surface area contributed by atoms with E-state index in [0.29, 0.717) is 0 Å². The van der Waals surface area contributed by atoms with Crippen molar-refractivity contribution in [3.63, 3.8) is 0 Å². The van der Waals surface area contributed by atoms with Crippen LogP contribution in [0.25, 0.3) is 11.0 Å². The third-order valence-corrected chi connectivity index (χ3v) is 3.91. The normalized spacial score (nSPS) is 12.7. The Labute approximate surface area is 123 Å². The van der Waals surface area contributed by atoms with E-state index < -0.39 is 0 Å². The van der Waals surface area contributed by atoms with Crippen LogP contribution in [0, 0.1) is 6.92 Å². The molecular formula is C16H19N5. The van der Waals surface area contributed by atoms with Crippen molar-refractivity contribution in [3.05, 3.63) is 59.7 Å². The van der Waals surface area contributed by atoms with Crippen LogP contribution < -0.4 is 11.3 Å². The van der Waals surface area contributed by atoms with Crippen LogP contribution in [0.5, 0.6) is 0 Å². The van der Waals surface area contributed by atoms with Crippen molar-refractivity contribution < 1.29 is 0 Å². The van der Waals surface area contributed by atoms with Crippen LogP contribution in [-0.2, 0) is 13.5 Å². The van der Waals surface area contributed by atoms with E-state index in [1.165, 1.54) is 0 Å². The Kier molecular flexibility index (Phi) is 3.68. The van der Waals surface area contributed by atoms with E-state index in [1.54, 1.807) is 6.20 Å². The summed E-state index contributed by atoms with van der Waals surface area (Å²) in [6.45, 7) is 2.04. The molecule has 3 rings (SSSR count). The number of hydrogen-bond donors (Lipinski definition) is 2. The monoisotopic (exact) mass is 281 g/mol. The van der Waals surface area contributed by atoms with E-state index in [1.807, 2.05) is 44.4 Å². The Bertz CT molecular complexity index is 762. The number of nitrogens with one attached hydrogen (secondary N) is 1. The van der Waals surface area contributed by atoms with Gasteiger partial charge in [-0.25, -0.2) is 4.98 Å². The molecule has 108 valence electrons. The molecule has 0 bridgehead atoms. The highest BCUT2D eigenvalue weighted by atomic mass is 15.2. The predicted octanol–water partition coefficient (Wildman–Crippen LogP) is 2.02. The lowest BCUT2D eigenvalue weighted by molar-refractivity contribution is 0.529. The molecular weight excluding hydrogens is 262 g/mol. The van der Waals surface area contributed by atoms with Crippen LogP contribution in [0.1, 0.15) is 23.0 Å². The van der Waals surface area contributed by atoms with E-state index in [4.69, 9.17) is 10.8 Å². The number of aryl methyl sites for hydroxylation is 2. The number of nitrogens with two attached hydrogens (primary N) is 1. The topological polar surface area (TPSA) is 68.8 Å². The molecule has 1 atom stereocenters. The molecule has 21 heavy (non-hydrogen) atoms. The van der Waals surface area contributed by atoms with Gasteiger partial charge < -0.3 is 4.57 Å². The second-order valence-corrected chi connectivity index (χ2v) is 5.23. The summed E-state index contributed by atoms with van der Waals surface area (Å²) in [7, 11) is 2.04. The highest BCUT2D eigenvalue weighted by Crippen LogP contribution is 2.22. The number of imidazole rings is 1. The van der Waals surface area contributed by atoms with Crippen LogP contribution in [-0.4, -0.2) is 14.5 Å². The molecule has 3 aromatic rings. The fourth-order valence-corrected chi connectivity index (χ4v) is 2.69. The molecule has 0 aliphatic heterocycles. The highest BCUT2D eigenvalue weighted by molar-refractivity contribution is 5.75. The summed E-state index contributed by atoms with van der Waals surface area (Å²) in [5, 5.41) is 0. The van der Waals surface area contributed by atoms with Crippen molar-refractivity contribution in [1.29, 1.82) is 0 Å². The van der Waals surface area contributed by atoms with Crippen LogP contribution in [0.4, 0.5) is 0 Å². The van der Waals surface area contributed by atoms with E-state index in [9.17, 15) is 0 Å². The third-order valence-electron chi connectivity index (χ3n) is 3.91. The number of hydrogen-bond acceptors (Lipinski definition) is 4. The van der Waals surface area contributed by atoms with Gasteiger partial charge >= 0.3 is 0 Å². The molecule has 0 radical (unpaired) electrons. The van der Waals surface area contributed by atoms with Gasteiger partial charge in [0.2, 0.25) is 0 Å². The molecule has 0 aliphatic carbocycles. The first-order valence-electron chi connectivity index (χ1n) is 6.97. The van der Waals surface area contributed by atoms with Gasteiger partial charge in [0.1, 0.15) is 5.82 Å². The lowest BCUT2D eigenvalue weighted by Gasteiger charge is -2.18. The van der Waals surface area contributed by atoms with Crippen LogP contribution >= 0.6 is 0 Å². The zero-order valence-corrected chi connectivity index (χ0v) is 12.2. The van der Waals surface area contributed by atoms with Crippen molar-refractivity contribution in [1.82, 2.24) is 20.0 Å². The first-order chi connectivity index (χ1) is 10.2. The van der Waals surface area contributed by atoms with E-state index in [2.05, 4.69) is 21.0 Å². The zero-order chi connectivity index (χ0) is 14.8. The van der Waals surface area contributed by atoms with Gasteiger partial charge in [-0.1, -0.05) is 12.1 Å². The molecule has 2 aromatic heterocycles. The van der Waals surface area contributed by atoms with Crippen molar-refractivity contribution in [2.24, 2.45) is 12.9 Å². The first kappa shape index (κ1) is 13.7. The molecule has 0 saturated carbocycles. The molecule has 1 aromatic carbocycles. The standard InChI is InChI=1S/C16H19N5/c1-11-10-18-8-7-12(11)14(20-17)9-16-19-13-5-3-4-6-15(13)21(16)2/h3-8,10,14,20H,9,17H2,1-2H3. The van der Waals surface area contributed by atoms with Crippen LogP contribution in [0.15, 0.2) is 42.7 Å². The summed E-state index contributed by atoms with van der Waals surface area (Å²) >= 11 is 0. The van der Waals surface area contributed by atoms with Gasteiger partial charge in [0.05, 0.1) is 17.1 Å². The molecule has 0 amide bonds. The fraction of sp³-hybridized carbons (Fsp3) is 0.250. The van der Waals surface area contributed by atoms with E-state index in [-0.39, 0.29) is 6.04 Å². The number of benzene rings is 1. The van der Waals surface area contributed by atoms with E-state index >= 15 is 0 Å². The average molecular weight is 281 g/mol. The molecule has 5 nitrogen and oxygen atoms in total. The number of hydrazine groups is 1. The predicted molar refractivity (Wildman–Crippen MR) is 83.5 cm³/mol. The maximum atomic E-state index is 5.76. The molecule has 0 aliphatic rings. The lowest BCUT2D eigenvalue weighted by atomic mass is 10.0. The van der Waals surface area contributed by atoms with Gasteiger partial charge in [0.15, 0.2) is 0 Å². The largest absolute Gasteiger partial charge is 0.331 e. The summed E-state index contributed by atoms with van der Waals surface area (Å²) in [5.41, 5.74) is 7.32. The Hall–Kier alpha value is -2.24. The Morgan fingerprint density at radius 1 is 1.29 bits per heavy atom. The number of para-hydroxylation sites is 2. The maximum absolute atomic E-state index is 5.76. The minimum absolute atomic E-state index is 0.0171. The Morgan fingerprint density at radius 2 is 2.10 bits per heavy atom. The van der Waals surface area contributed by atoms with E-state index in [0.717, 1.165) is 34.4 Å². The molecule has 1 unspecified atom stereocenters. The van der Waals surface area contributed by atoms with Gasteiger partial charge in [0.25, 0.3) is 0 Å². The van der Waals surface area contributed by atoms with Crippen molar-refractivity contribution >= 4 is 11.0 Å². The summed E-state index contributed by atoms with van der Waals surface area (Å²) in [4.78, 5) is 8.84. The minimum Gasteiger partial charge on any atom is -0.331 e. The van der Waals surface area contributed by atoms with Crippen molar-refractivity contribution in [2.45, 2.75) is 19.4 Å². The molecule has 3 N–H and O–H groups in total. The maximum Gasteiger partial charge on any atom is 0.111 e. The number of nitrogens with zero attached hydrogens (tertiary/aromatic N) is 3. The SMILES string of the molecule is Cc1cnccc1C(Cc1nc2ccccc2n1C)NN. The fourth-order valence-electron chi connectivity index (χ4n) is 2.69. The van der Waals surface area contributed by atoms with Gasteiger partial charge in [0, 0.05) is 25.9 Å². The lowest BCUT2D eigenvalue weighted by Crippen LogP contribution is -2.30. The second kappa shape index (κ2) is 5.63. The Balaban J connectivity index is 1.96. The molecule has 0 fully saturated rings. The molecule has 0 saturated heterocycles. The van der Waals surface area contributed by atoms with Crippen molar-refractivity contribution in [2.75, 3.05) is 0 Å². The summed E-state index contributed by atoms with van der Waals surface area (Å²) in [6, 6.07) is 10.2. The van der Waals surface area contributed by atoms with Crippen LogP contribution in [0.3, 0.4) is 0 Å². The van der Waals surface area contributed by atoms with Crippen LogP contribution in [0.2, 0.25) is 0 Å². The zero-order valence-electron chi connectivity index (χ0n) is 12.2. The molecule has 5 heteroatoms. The van der Waals surface area contributed by atoms with Gasteiger partial charge in [-0.05, 0) is 36.2 Å². The average Bonchev–Trinajstić information content (AvgIpc) is 2.82. The highest BCUT2D eigenvalue weighted by Gasteiger charge is 2.16. The quantitative estimate of drug-likeness (QED) is 0.567.